The summed E-state index contributed by atoms with van der Waals surface area (Å²) < 4.78 is 0. The molecule has 0 amide bonds. The molecule has 1 heterocycles. The van der Waals surface area contributed by atoms with Gasteiger partial charge in [-0.2, -0.15) is 0 Å². The standard InChI is InChI=1S/C13H26N2O2/c1-4-7-15-10-13(2,3)9-14-8-11(15)5-6-12(16)17/h11,14H,4-10H2,1-3H3,(H,16,17). The van der Waals surface area contributed by atoms with Crippen LogP contribution in [0.5, 0.6) is 0 Å². The van der Waals surface area contributed by atoms with Crippen LogP contribution in [0.15, 0.2) is 0 Å². The molecule has 2 N–H and O–H groups in total. The fourth-order valence-corrected chi connectivity index (χ4v) is 2.56. The van der Waals surface area contributed by atoms with Gasteiger partial charge in [-0.25, -0.2) is 0 Å². The average molecular weight is 242 g/mol. The maximum atomic E-state index is 10.7. The molecule has 4 nitrogen and oxygen atoms in total. The van der Waals surface area contributed by atoms with Crippen molar-refractivity contribution in [3.8, 4) is 0 Å². The van der Waals surface area contributed by atoms with Crippen molar-refractivity contribution in [1.82, 2.24) is 10.2 Å². The summed E-state index contributed by atoms with van der Waals surface area (Å²) in [4.78, 5) is 13.1. The summed E-state index contributed by atoms with van der Waals surface area (Å²) in [6, 6.07) is 0.368. The first kappa shape index (κ1) is 14.5. The SMILES string of the molecule is CCCN1CC(C)(C)CNCC1CCC(=O)O. The zero-order valence-electron chi connectivity index (χ0n) is 11.3. The monoisotopic (exact) mass is 242 g/mol. The van der Waals surface area contributed by atoms with Crippen LogP contribution in [0.4, 0.5) is 0 Å². The number of carbonyl (C=O) groups is 1. The fraction of sp³-hybridized carbons (Fsp3) is 0.923. The Hall–Kier alpha value is -0.610. The molecular formula is C13H26N2O2. The van der Waals surface area contributed by atoms with Crippen molar-refractivity contribution in [3.63, 3.8) is 0 Å². The predicted molar refractivity (Wildman–Crippen MR) is 69.2 cm³/mol. The van der Waals surface area contributed by atoms with Crippen molar-refractivity contribution in [3.05, 3.63) is 0 Å². The highest BCUT2D eigenvalue weighted by atomic mass is 16.4. The molecule has 1 fully saturated rings. The van der Waals surface area contributed by atoms with Crippen LogP contribution in [0.25, 0.3) is 0 Å². The van der Waals surface area contributed by atoms with E-state index in [1.54, 1.807) is 0 Å². The summed E-state index contributed by atoms with van der Waals surface area (Å²) in [7, 11) is 0. The highest BCUT2D eigenvalue weighted by Crippen LogP contribution is 2.22. The molecular weight excluding hydrogens is 216 g/mol. The van der Waals surface area contributed by atoms with Gasteiger partial charge in [0.15, 0.2) is 0 Å². The second-order valence-electron chi connectivity index (χ2n) is 5.85. The molecule has 0 aliphatic carbocycles. The molecule has 0 spiro atoms. The summed E-state index contributed by atoms with van der Waals surface area (Å²) >= 11 is 0. The Morgan fingerprint density at radius 1 is 1.53 bits per heavy atom. The number of rotatable bonds is 5. The van der Waals surface area contributed by atoms with Gasteiger partial charge in [-0.3, -0.25) is 9.69 Å². The van der Waals surface area contributed by atoms with Crippen LogP contribution in [0.2, 0.25) is 0 Å². The Labute approximate surface area is 104 Å². The molecule has 1 atom stereocenters. The van der Waals surface area contributed by atoms with Gasteiger partial charge >= 0.3 is 5.97 Å². The molecule has 17 heavy (non-hydrogen) atoms. The van der Waals surface area contributed by atoms with E-state index in [1.165, 1.54) is 0 Å². The normalized spacial score (nSPS) is 25.5. The van der Waals surface area contributed by atoms with Gasteiger partial charge in [0.2, 0.25) is 0 Å². The number of carboxylic acid groups (broad SMARTS) is 1. The molecule has 0 aromatic heterocycles. The third-order valence-electron chi connectivity index (χ3n) is 3.33. The van der Waals surface area contributed by atoms with Gasteiger partial charge in [-0.05, 0) is 24.8 Å². The van der Waals surface area contributed by atoms with Crippen LogP contribution < -0.4 is 5.32 Å². The van der Waals surface area contributed by atoms with Crippen LogP contribution in [0, 0.1) is 5.41 Å². The van der Waals surface area contributed by atoms with Crippen molar-refractivity contribution in [2.75, 3.05) is 26.2 Å². The third kappa shape index (κ3) is 5.04. The van der Waals surface area contributed by atoms with Crippen molar-refractivity contribution in [2.24, 2.45) is 5.41 Å². The fourth-order valence-electron chi connectivity index (χ4n) is 2.56. The maximum Gasteiger partial charge on any atom is 0.303 e. The van der Waals surface area contributed by atoms with Crippen LogP contribution in [0.1, 0.15) is 40.0 Å². The van der Waals surface area contributed by atoms with E-state index < -0.39 is 5.97 Å². The lowest BCUT2D eigenvalue weighted by molar-refractivity contribution is -0.137. The summed E-state index contributed by atoms with van der Waals surface area (Å²) in [5.41, 5.74) is 0.271. The molecule has 4 heteroatoms. The number of hydrogen-bond acceptors (Lipinski definition) is 3. The summed E-state index contributed by atoms with van der Waals surface area (Å²) in [6.45, 7) is 10.8. The second-order valence-corrected chi connectivity index (χ2v) is 5.85. The van der Waals surface area contributed by atoms with E-state index in [4.69, 9.17) is 5.11 Å². The Bertz CT molecular complexity index is 254. The van der Waals surface area contributed by atoms with Crippen molar-refractivity contribution in [1.29, 1.82) is 0 Å². The van der Waals surface area contributed by atoms with Gasteiger partial charge in [-0.15, -0.1) is 0 Å². The first-order chi connectivity index (χ1) is 7.94. The molecule has 1 saturated heterocycles. The number of carboxylic acids is 1. The summed E-state index contributed by atoms with van der Waals surface area (Å²) in [5.74, 6) is -0.690. The zero-order valence-corrected chi connectivity index (χ0v) is 11.3. The molecule has 0 radical (unpaired) electrons. The minimum Gasteiger partial charge on any atom is -0.481 e. The molecule has 1 aliphatic heterocycles. The van der Waals surface area contributed by atoms with Gasteiger partial charge in [0.1, 0.15) is 0 Å². The highest BCUT2D eigenvalue weighted by molar-refractivity contribution is 5.66. The second kappa shape index (κ2) is 6.36. The van der Waals surface area contributed by atoms with E-state index in [-0.39, 0.29) is 11.8 Å². The van der Waals surface area contributed by atoms with E-state index in [0.29, 0.717) is 6.04 Å². The lowest BCUT2D eigenvalue weighted by atomic mass is 9.93. The van der Waals surface area contributed by atoms with Crippen molar-refractivity contribution in [2.45, 2.75) is 46.1 Å². The van der Waals surface area contributed by atoms with Crippen LogP contribution >= 0.6 is 0 Å². The van der Waals surface area contributed by atoms with Gasteiger partial charge in [0, 0.05) is 32.1 Å². The minimum absolute atomic E-state index is 0.271. The lowest BCUT2D eigenvalue weighted by Crippen LogP contribution is -2.42. The van der Waals surface area contributed by atoms with Crippen LogP contribution in [-0.2, 0) is 4.79 Å². The van der Waals surface area contributed by atoms with Gasteiger partial charge < -0.3 is 10.4 Å². The highest BCUT2D eigenvalue weighted by Gasteiger charge is 2.29. The summed E-state index contributed by atoms with van der Waals surface area (Å²) in [5, 5.41) is 12.3. The predicted octanol–water partition coefficient (Wildman–Crippen LogP) is 1.56. The van der Waals surface area contributed by atoms with E-state index in [2.05, 4.69) is 31.0 Å². The number of aliphatic carboxylic acids is 1. The molecule has 0 bridgehead atoms. The number of nitrogens with one attached hydrogen (secondary N) is 1. The molecule has 0 aromatic carbocycles. The zero-order chi connectivity index (χ0) is 12.9. The molecule has 1 aliphatic rings. The Balaban J connectivity index is 2.61. The smallest absolute Gasteiger partial charge is 0.303 e. The van der Waals surface area contributed by atoms with Crippen molar-refractivity contribution >= 4 is 5.97 Å². The molecule has 1 unspecified atom stereocenters. The molecule has 0 saturated carbocycles. The summed E-state index contributed by atoms with van der Waals surface area (Å²) in [6.07, 6.45) is 2.14. The Morgan fingerprint density at radius 3 is 2.82 bits per heavy atom. The minimum atomic E-state index is -0.690. The Kier molecular flexibility index (Phi) is 5.40. The maximum absolute atomic E-state index is 10.7. The van der Waals surface area contributed by atoms with Gasteiger partial charge in [0.25, 0.3) is 0 Å². The van der Waals surface area contributed by atoms with Gasteiger partial charge in [0.05, 0.1) is 0 Å². The van der Waals surface area contributed by atoms with E-state index >= 15 is 0 Å². The Morgan fingerprint density at radius 2 is 2.24 bits per heavy atom. The molecule has 1 rings (SSSR count). The van der Waals surface area contributed by atoms with Gasteiger partial charge in [-0.1, -0.05) is 20.8 Å². The first-order valence-corrected chi connectivity index (χ1v) is 6.61. The van der Waals surface area contributed by atoms with Crippen molar-refractivity contribution < 1.29 is 9.90 Å². The average Bonchev–Trinajstić information content (AvgIpc) is 2.34. The number of hydrogen-bond donors (Lipinski definition) is 2. The largest absolute Gasteiger partial charge is 0.481 e. The number of nitrogens with zero attached hydrogens (tertiary/aromatic N) is 1. The quantitative estimate of drug-likeness (QED) is 0.768. The lowest BCUT2D eigenvalue weighted by Gasteiger charge is -2.33. The van der Waals surface area contributed by atoms with E-state index in [0.717, 1.165) is 39.0 Å². The van der Waals surface area contributed by atoms with Crippen LogP contribution in [0.3, 0.4) is 0 Å². The van der Waals surface area contributed by atoms with E-state index in [1.807, 2.05) is 0 Å². The molecule has 100 valence electrons. The van der Waals surface area contributed by atoms with E-state index in [9.17, 15) is 4.79 Å². The third-order valence-corrected chi connectivity index (χ3v) is 3.33. The topological polar surface area (TPSA) is 52.6 Å². The van der Waals surface area contributed by atoms with Crippen LogP contribution in [-0.4, -0.2) is 48.2 Å². The first-order valence-electron chi connectivity index (χ1n) is 6.61. The molecule has 0 aromatic rings.